The summed E-state index contributed by atoms with van der Waals surface area (Å²) in [7, 11) is 1.94. The molecule has 1 aliphatic heterocycles. The van der Waals surface area contributed by atoms with Crippen LogP contribution < -0.4 is 4.90 Å². The highest BCUT2D eigenvalue weighted by Gasteiger charge is 2.38. The van der Waals surface area contributed by atoms with Crippen molar-refractivity contribution in [2.75, 3.05) is 18.6 Å². The molecule has 0 saturated heterocycles. The van der Waals surface area contributed by atoms with Gasteiger partial charge < -0.3 is 9.64 Å². The van der Waals surface area contributed by atoms with E-state index in [2.05, 4.69) is 29.5 Å². The first kappa shape index (κ1) is 18.3. The normalized spacial score (nSPS) is 16.6. The van der Waals surface area contributed by atoms with E-state index < -0.39 is 5.97 Å². The van der Waals surface area contributed by atoms with Crippen LogP contribution in [0.5, 0.6) is 0 Å². The van der Waals surface area contributed by atoms with E-state index in [0.29, 0.717) is 17.0 Å². The second kappa shape index (κ2) is 6.99. The van der Waals surface area contributed by atoms with Crippen molar-refractivity contribution in [3.05, 3.63) is 52.2 Å². The number of likely N-dealkylation sites (N-methyl/N-ethyl adjacent to an activating group) is 1. The number of ether oxygens (including phenoxy) is 1. The molecule has 0 bridgehead atoms. The van der Waals surface area contributed by atoms with Gasteiger partial charge in [-0.1, -0.05) is 43.5 Å². The molecule has 3 rings (SSSR count). The number of aromatic nitrogens is 2. The molecule has 26 heavy (non-hydrogen) atoms. The number of hydrogen-bond acceptors (Lipinski definition) is 7. The molecule has 136 valence electrons. The van der Waals surface area contributed by atoms with E-state index in [9.17, 15) is 9.59 Å². The lowest BCUT2D eigenvalue weighted by molar-refractivity contribution is -0.117. The summed E-state index contributed by atoms with van der Waals surface area (Å²) in [4.78, 5) is 26.9. The van der Waals surface area contributed by atoms with Gasteiger partial charge in [0.2, 0.25) is 0 Å². The molecular weight excluding hydrogens is 350 g/mol. The Morgan fingerprint density at radius 3 is 2.73 bits per heavy atom. The van der Waals surface area contributed by atoms with Crippen molar-refractivity contribution in [2.24, 2.45) is 0 Å². The molecule has 0 spiro atoms. The van der Waals surface area contributed by atoms with Crippen LogP contribution in [-0.2, 0) is 21.4 Å². The van der Waals surface area contributed by atoms with E-state index in [4.69, 9.17) is 4.74 Å². The SMILES string of the molecule is CCc1nnsc1C(=O)OCC(=O)/C=C1/N(C)c2ccccc2C1(C)C. The third-order valence-electron chi connectivity index (χ3n) is 4.66. The van der Waals surface area contributed by atoms with Gasteiger partial charge in [0, 0.05) is 29.9 Å². The Kier molecular flexibility index (Phi) is 4.91. The molecule has 0 unspecified atom stereocenters. The Morgan fingerprint density at radius 2 is 2.04 bits per heavy atom. The van der Waals surface area contributed by atoms with Crippen LogP contribution in [0.3, 0.4) is 0 Å². The first-order valence-corrected chi connectivity index (χ1v) is 9.20. The van der Waals surface area contributed by atoms with Gasteiger partial charge in [-0.15, -0.1) is 5.10 Å². The number of hydrogen-bond donors (Lipinski definition) is 0. The fourth-order valence-electron chi connectivity index (χ4n) is 3.25. The summed E-state index contributed by atoms with van der Waals surface area (Å²) >= 11 is 0.988. The van der Waals surface area contributed by atoms with Gasteiger partial charge in [0.05, 0.1) is 5.69 Å². The number of benzene rings is 1. The number of carbonyl (C=O) groups is 2. The van der Waals surface area contributed by atoms with Gasteiger partial charge >= 0.3 is 5.97 Å². The van der Waals surface area contributed by atoms with Crippen molar-refractivity contribution in [3.8, 4) is 0 Å². The summed E-state index contributed by atoms with van der Waals surface area (Å²) in [6.45, 7) is 5.75. The van der Waals surface area contributed by atoms with Gasteiger partial charge in [-0.05, 0) is 29.6 Å². The van der Waals surface area contributed by atoms with Gasteiger partial charge in [0.1, 0.15) is 0 Å². The Balaban J connectivity index is 1.73. The number of nitrogens with zero attached hydrogens (tertiary/aromatic N) is 3. The summed E-state index contributed by atoms with van der Waals surface area (Å²) in [5, 5.41) is 3.88. The number of anilines is 1. The van der Waals surface area contributed by atoms with Crippen molar-refractivity contribution in [3.63, 3.8) is 0 Å². The van der Waals surface area contributed by atoms with Crippen molar-refractivity contribution in [1.29, 1.82) is 0 Å². The highest BCUT2D eigenvalue weighted by atomic mass is 32.1. The van der Waals surface area contributed by atoms with E-state index in [0.717, 1.165) is 22.9 Å². The van der Waals surface area contributed by atoms with Gasteiger partial charge in [0.15, 0.2) is 17.3 Å². The highest BCUT2D eigenvalue weighted by molar-refractivity contribution is 7.07. The van der Waals surface area contributed by atoms with Crippen LogP contribution in [0, 0.1) is 0 Å². The lowest BCUT2D eigenvalue weighted by Gasteiger charge is -2.23. The number of carbonyl (C=O) groups excluding carboxylic acids is 2. The zero-order valence-electron chi connectivity index (χ0n) is 15.3. The molecule has 1 aromatic carbocycles. The van der Waals surface area contributed by atoms with Gasteiger partial charge in [0.25, 0.3) is 0 Å². The topological polar surface area (TPSA) is 72.4 Å². The van der Waals surface area contributed by atoms with Crippen molar-refractivity contribution >= 4 is 29.0 Å². The lowest BCUT2D eigenvalue weighted by atomic mass is 9.83. The lowest BCUT2D eigenvalue weighted by Crippen LogP contribution is -2.25. The number of para-hydroxylation sites is 1. The van der Waals surface area contributed by atoms with E-state index in [1.54, 1.807) is 6.08 Å². The monoisotopic (exact) mass is 371 g/mol. The van der Waals surface area contributed by atoms with E-state index >= 15 is 0 Å². The summed E-state index contributed by atoms with van der Waals surface area (Å²) in [6.07, 6.45) is 2.16. The van der Waals surface area contributed by atoms with Gasteiger partial charge in [-0.3, -0.25) is 4.79 Å². The maximum absolute atomic E-state index is 12.4. The molecule has 6 nitrogen and oxygen atoms in total. The van der Waals surface area contributed by atoms with Crippen LogP contribution in [-0.4, -0.2) is 35.0 Å². The predicted octanol–water partition coefficient (Wildman–Crippen LogP) is 3.14. The molecule has 0 atom stereocenters. The van der Waals surface area contributed by atoms with Crippen LogP contribution in [0.15, 0.2) is 36.0 Å². The molecule has 2 heterocycles. The Hall–Kier alpha value is -2.54. The van der Waals surface area contributed by atoms with Crippen molar-refractivity contribution in [1.82, 2.24) is 9.59 Å². The minimum Gasteiger partial charge on any atom is -0.453 e. The molecule has 2 aromatic rings. The quantitative estimate of drug-likeness (QED) is 0.594. The molecule has 1 aromatic heterocycles. The number of aryl methyl sites for hydroxylation is 1. The second-order valence-corrected chi connectivity index (χ2v) is 7.43. The Morgan fingerprint density at radius 1 is 1.31 bits per heavy atom. The van der Waals surface area contributed by atoms with Crippen LogP contribution in [0.1, 0.15) is 41.7 Å². The first-order valence-electron chi connectivity index (χ1n) is 8.42. The largest absolute Gasteiger partial charge is 0.453 e. The molecule has 0 fully saturated rings. The molecule has 0 amide bonds. The van der Waals surface area contributed by atoms with Crippen LogP contribution in [0.25, 0.3) is 0 Å². The molecule has 1 aliphatic rings. The van der Waals surface area contributed by atoms with Crippen molar-refractivity contribution < 1.29 is 14.3 Å². The van der Waals surface area contributed by atoms with E-state index in [1.165, 1.54) is 5.56 Å². The fraction of sp³-hybridized carbons (Fsp3) is 0.368. The average Bonchev–Trinajstić information content (AvgIpc) is 3.18. The number of esters is 1. The summed E-state index contributed by atoms with van der Waals surface area (Å²) in [6, 6.07) is 8.08. The van der Waals surface area contributed by atoms with Crippen LogP contribution in [0.4, 0.5) is 5.69 Å². The fourth-order valence-corrected chi connectivity index (χ4v) is 3.90. The first-order chi connectivity index (χ1) is 12.4. The maximum Gasteiger partial charge on any atom is 0.352 e. The van der Waals surface area contributed by atoms with Crippen molar-refractivity contribution in [2.45, 2.75) is 32.6 Å². The molecule has 0 aliphatic carbocycles. The highest BCUT2D eigenvalue weighted by Crippen LogP contribution is 2.46. The number of rotatable bonds is 5. The predicted molar refractivity (Wildman–Crippen MR) is 101 cm³/mol. The molecule has 0 radical (unpaired) electrons. The Labute approximate surface area is 156 Å². The number of ketones is 1. The van der Waals surface area contributed by atoms with Crippen LogP contribution >= 0.6 is 11.5 Å². The molecule has 0 saturated carbocycles. The van der Waals surface area contributed by atoms with Crippen LogP contribution in [0.2, 0.25) is 0 Å². The summed E-state index contributed by atoms with van der Waals surface area (Å²) < 4.78 is 8.92. The summed E-state index contributed by atoms with van der Waals surface area (Å²) in [5.41, 5.74) is 3.44. The third kappa shape index (κ3) is 3.14. The minimum absolute atomic E-state index is 0.253. The maximum atomic E-state index is 12.4. The molecule has 7 heteroatoms. The number of fused-ring (bicyclic) bond motifs is 1. The average molecular weight is 371 g/mol. The molecular formula is C19H21N3O3S. The zero-order chi connectivity index (χ0) is 18.9. The van der Waals surface area contributed by atoms with Gasteiger partial charge in [-0.2, -0.15) is 0 Å². The standard InChI is InChI=1S/C19H21N3O3S/c1-5-14-17(26-21-20-14)18(24)25-11-12(23)10-16-19(2,3)13-8-6-7-9-15(13)22(16)4/h6-10H,5,11H2,1-4H3/b16-10+. The van der Waals surface area contributed by atoms with Gasteiger partial charge in [-0.25, -0.2) is 4.79 Å². The zero-order valence-corrected chi connectivity index (χ0v) is 16.1. The minimum atomic E-state index is -0.550. The Bertz CT molecular complexity index is 886. The number of allylic oxidation sites excluding steroid dienone is 1. The summed E-state index contributed by atoms with van der Waals surface area (Å²) in [5.74, 6) is -0.803. The van der Waals surface area contributed by atoms with E-state index in [-0.39, 0.29) is 17.8 Å². The third-order valence-corrected chi connectivity index (χ3v) is 5.41. The van der Waals surface area contributed by atoms with E-state index in [1.807, 2.05) is 37.1 Å². The molecule has 0 N–H and O–H groups in total. The smallest absolute Gasteiger partial charge is 0.352 e. The second-order valence-electron chi connectivity index (χ2n) is 6.68.